The lowest BCUT2D eigenvalue weighted by atomic mass is 10.0. The number of fused-ring (bicyclic) bond motifs is 1. The maximum atomic E-state index is 12.9. The molecule has 0 radical (unpaired) electrons. The van der Waals surface area contributed by atoms with Gasteiger partial charge in [0.2, 0.25) is 5.91 Å². The number of piperazine rings is 1. The van der Waals surface area contributed by atoms with E-state index in [4.69, 9.17) is 0 Å². The Bertz CT molecular complexity index is 900. The maximum Gasteiger partial charge on any atom is 0.241 e. The highest BCUT2D eigenvalue weighted by molar-refractivity contribution is 7.91. The van der Waals surface area contributed by atoms with E-state index in [1.807, 2.05) is 48.5 Å². The van der Waals surface area contributed by atoms with E-state index in [0.29, 0.717) is 0 Å². The summed E-state index contributed by atoms with van der Waals surface area (Å²) in [7, 11) is -3.14. The molecular weight excluding hydrogens is 360 g/mol. The fourth-order valence-electron chi connectivity index (χ4n) is 4.26. The molecule has 2 aliphatic rings. The Morgan fingerprint density at radius 2 is 1.52 bits per heavy atom. The summed E-state index contributed by atoms with van der Waals surface area (Å²) in [6.07, 6.45) is 1.84. The Kier molecular flexibility index (Phi) is 5.02. The Morgan fingerprint density at radius 3 is 2.22 bits per heavy atom. The van der Waals surface area contributed by atoms with Crippen LogP contribution >= 0.6 is 0 Å². The molecule has 2 heterocycles. The molecule has 4 rings (SSSR count). The molecule has 142 valence electrons. The van der Waals surface area contributed by atoms with Gasteiger partial charge in [0.05, 0.1) is 24.1 Å². The molecule has 6 heteroatoms. The molecule has 0 unspecified atom stereocenters. The minimum Gasteiger partial charge on any atom is -0.306 e. The molecule has 0 spiro atoms. The van der Waals surface area contributed by atoms with Gasteiger partial charge in [0.15, 0.2) is 9.84 Å². The van der Waals surface area contributed by atoms with E-state index in [-0.39, 0.29) is 36.0 Å². The number of hydrogen-bond acceptors (Lipinski definition) is 4. The molecule has 2 aromatic carbocycles. The van der Waals surface area contributed by atoms with Gasteiger partial charge in [-0.25, -0.2) is 8.42 Å². The second-order valence-corrected chi connectivity index (χ2v) is 9.52. The fraction of sp³-hybridized carbons (Fsp3) is 0.381. The van der Waals surface area contributed by atoms with E-state index >= 15 is 0 Å². The van der Waals surface area contributed by atoms with Gasteiger partial charge in [-0.2, -0.15) is 0 Å². The minimum absolute atomic E-state index is 0.0146. The molecule has 2 aromatic rings. The zero-order valence-corrected chi connectivity index (χ0v) is 16.0. The summed E-state index contributed by atoms with van der Waals surface area (Å²) in [4.78, 5) is 16.7. The Hall–Kier alpha value is -2.18. The first-order valence-corrected chi connectivity index (χ1v) is 11.2. The van der Waals surface area contributed by atoms with Gasteiger partial charge in [0.25, 0.3) is 0 Å². The maximum absolute atomic E-state index is 12.9. The number of benzene rings is 2. The number of para-hydroxylation sites is 1. The third-order valence-corrected chi connectivity index (χ3v) is 7.19. The van der Waals surface area contributed by atoms with Crippen LogP contribution in [0.25, 0.3) is 0 Å². The van der Waals surface area contributed by atoms with Gasteiger partial charge in [-0.15, -0.1) is 0 Å². The van der Waals surface area contributed by atoms with E-state index in [2.05, 4.69) is 17.0 Å². The number of nitrogens with zero attached hydrogens (tertiary/aromatic N) is 2. The predicted octanol–water partition coefficient (Wildman–Crippen LogP) is 2.13. The average molecular weight is 385 g/mol. The van der Waals surface area contributed by atoms with Crippen LogP contribution in [-0.2, 0) is 21.1 Å². The van der Waals surface area contributed by atoms with Crippen molar-refractivity contribution in [3.05, 3.63) is 66.2 Å². The van der Waals surface area contributed by atoms with Crippen molar-refractivity contribution in [2.45, 2.75) is 24.9 Å². The Balaban J connectivity index is 1.51. The Labute approximate surface area is 160 Å². The van der Waals surface area contributed by atoms with E-state index in [1.165, 1.54) is 5.56 Å². The van der Waals surface area contributed by atoms with E-state index < -0.39 is 9.84 Å². The number of carbonyl (C=O) groups is 1. The van der Waals surface area contributed by atoms with Crippen LogP contribution in [0, 0.1) is 0 Å². The monoisotopic (exact) mass is 384 g/mol. The Morgan fingerprint density at radius 1 is 0.889 bits per heavy atom. The number of hydrogen-bond donors (Lipinski definition) is 0. The van der Waals surface area contributed by atoms with Crippen LogP contribution in [0.5, 0.6) is 0 Å². The summed E-state index contributed by atoms with van der Waals surface area (Å²) in [5.74, 6) is 0.173. The van der Waals surface area contributed by atoms with E-state index in [0.717, 1.165) is 25.1 Å². The highest BCUT2D eigenvalue weighted by atomic mass is 32.2. The van der Waals surface area contributed by atoms with Gasteiger partial charge < -0.3 is 4.90 Å². The second-order valence-electron chi connectivity index (χ2n) is 7.37. The smallest absolute Gasteiger partial charge is 0.241 e. The van der Waals surface area contributed by atoms with Crippen LogP contribution < -0.4 is 4.90 Å². The lowest BCUT2D eigenvalue weighted by Gasteiger charge is -2.43. The van der Waals surface area contributed by atoms with Gasteiger partial charge in [0, 0.05) is 11.7 Å². The van der Waals surface area contributed by atoms with Crippen LogP contribution in [0.15, 0.2) is 60.7 Å². The van der Waals surface area contributed by atoms with Crippen LogP contribution in [0.3, 0.4) is 0 Å². The first kappa shape index (κ1) is 18.2. The SMILES string of the molecule is O=C1CN(CCCc2ccccc2)[C@H]2CS(=O)(=O)C[C@H]2N1c1ccccc1. The molecule has 0 aromatic heterocycles. The largest absolute Gasteiger partial charge is 0.306 e. The number of aryl methyl sites for hydroxylation is 1. The van der Waals surface area contributed by atoms with Gasteiger partial charge in [-0.05, 0) is 37.1 Å². The first-order valence-electron chi connectivity index (χ1n) is 9.39. The lowest BCUT2D eigenvalue weighted by Crippen LogP contribution is -2.62. The molecule has 0 saturated carbocycles. The molecular formula is C21H24N2O3S. The van der Waals surface area contributed by atoms with Crippen LogP contribution in [-0.4, -0.2) is 55.9 Å². The molecule has 5 nitrogen and oxygen atoms in total. The molecule has 2 atom stereocenters. The molecule has 2 fully saturated rings. The second kappa shape index (κ2) is 7.44. The summed E-state index contributed by atoms with van der Waals surface area (Å²) < 4.78 is 24.7. The van der Waals surface area contributed by atoms with Gasteiger partial charge >= 0.3 is 0 Å². The van der Waals surface area contributed by atoms with Gasteiger partial charge in [-0.1, -0.05) is 48.5 Å². The number of anilines is 1. The quantitative estimate of drug-likeness (QED) is 0.793. The van der Waals surface area contributed by atoms with Gasteiger partial charge in [0.1, 0.15) is 0 Å². The predicted molar refractivity (Wildman–Crippen MR) is 106 cm³/mol. The summed E-state index contributed by atoms with van der Waals surface area (Å²) >= 11 is 0. The molecule has 27 heavy (non-hydrogen) atoms. The lowest BCUT2D eigenvalue weighted by molar-refractivity contribution is -0.123. The van der Waals surface area contributed by atoms with E-state index in [1.54, 1.807) is 4.90 Å². The summed E-state index contributed by atoms with van der Waals surface area (Å²) in [6.45, 7) is 1.01. The molecule has 0 N–H and O–H groups in total. The van der Waals surface area contributed by atoms with Crippen molar-refractivity contribution < 1.29 is 13.2 Å². The van der Waals surface area contributed by atoms with Crippen molar-refractivity contribution in [1.82, 2.24) is 4.90 Å². The fourth-order valence-corrected chi connectivity index (χ4v) is 6.24. The molecule has 0 aliphatic carbocycles. The van der Waals surface area contributed by atoms with Crippen molar-refractivity contribution in [1.29, 1.82) is 0 Å². The summed E-state index contributed by atoms with van der Waals surface area (Å²) in [5, 5.41) is 0. The zero-order chi connectivity index (χ0) is 18.9. The van der Waals surface area contributed by atoms with Crippen molar-refractivity contribution in [3.8, 4) is 0 Å². The van der Waals surface area contributed by atoms with Crippen LogP contribution in [0.1, 0.15) is 12.0 Å². The van der Waals surface area contributed by atoms with Crippen LogP contribution in [0.2, 0.25) is 0 Å². The van der Waals surface area contributed by atoms with Crippen LogP contribution in [0.4, 0.5) is 5.69 Å². The van der Waals surface area contributed by atoms with Crippen molar-refractivity contribution >= 4 is 21.4 Å². The molecule has 2 saturated heterocycles. The van der Waals surface area contributed by atoms with Crippen molar-refractivity contribution in [2.75, 3.05) is 29.5 Å². The zero-order valence-electron chi connectivity index (χ0n) is 15.2. The number of rotatable bonds is 5. The number of carbonyl (C=O) groups excluding carboxylic acids is 1. The summed E-state index contributed by atoms with van der Waals surface area (Å²) in [6, 6.07) is 19.3. The summed E-state index contributed by atoms with van der Waals surface area (Å²) in [5.41, 5.74) is 2.06. The van der Waals surface area contributed by atoms with Gasteiger partial charge in [-0.3, -0.25) is 9.69 Å². The standard InChI is InChI=1S/C21H24N2O3S/c24-21-14-22(13-7-10-17-8-3-1-4-9-17)19-15-27(25,26)16-20(19)23(21)18-11-5-2-6-12-18/h1-6,8-9,11-12,19-20H,7,10,13-16H2/t19-,20+/m0/s1. The van der Waals surface area contributed by atoms with Crippen molar-refractivity contribution in [2.24, 2.45) is 0 Å². The highest BCUT2D eigenvalue weighted by Gasteiger charge is 2.49. The third-order valence-electron chi connectivity index (χ3n) is 5.49. The molecule has 1 amide bonds. The highest BCUT2D eigenvalue weighted by Crippen LogP contribution is 2.31. The topological polar surface area (TPSA) is 57.7 Å². The minimum atomic E-state index is -3.14. The molecule has 0 bridgehead atoms. The average Bonchev–Trinajstić information content (AvgIpc) is 2.98. The van der Waals surface area contributed by atoms with Crippen molar-refractivity contribution in [3.63, 3.8) is 0 Å². The normalized spacial score (nSPS) is 24.7. The molecule has 2 aliphatic heterocycles. The third kappa shape index (κ3) is 3.92. The van der Waals surface area contributed by atoms with E-state index in [9.17, 15) is 13.2 Å². The number of sulfone groups is 1. The first-order chi connectivity index (χ1) is 13.0. The number of amides is 1.